The van der Waals surface area contributed by atoms with Crippen LogP contribution in [0, 0.1) is 12.3 Å². The quantitative estimate of drug-likeness (QED) is 0.524. The molecule has 2 aromatic carbocycles. The zero-order valence-corrected chi connectivity index (χ0v) is 21.4. The third-order valence-corrected chi connectivity index (χ3v) is 8.67. The van der Waals surface area contributed by atoms with Crippen LogP contribution in [0.3, 0.4) is 0 Å². The molecule has 2 aliphatic heterocycles. The summed E-state index contributed by atoms with van der Waals surface area (Å²) in [5.41, 5.74) is 12.6. The minimum atomic E-state index is -1.06. The molecule has 192 valence electrons. The van der Waals surface area contributed by atoms with E-state index in [0.29, 0.717) is 17.0 Å². The molecule has 1 aliphatic carbocycles. The Morgan fingerprint density at radius 3 is 2.62 bits per heavy atom. The van der Waals surface area contributed by atoms with Gasteiger partial charge in [0.2, 0.25) is 5.91 Å². The molecule has 37 heavy (non-hydrogen) atoms. The van der Waals surface area contributed by atoms with E-state index in [-0.39, 0.29) is 12.3 Å². The molecule has 3 aromatic rings. The number of carbonyl (C=O) groups excluding carboxylic acids is 1. The number of piperidine rings is 1. The monoisotopic (exact) mass is 497 g/mol. The SMILES string of the molecule is Cc1ccc(CC(=O)N2CCC3(CC2)CN([C@@H]2CCc4cc(-c5ncccn5)ccc42)C3)c(C(N)O)c1. The first-order valence-electron chi connectivity index (χ1n) is 13.4. The molecule has 1 amide bonds. The molecule has 2 saturated heterocycles. The van der Waals surface area contributed by atoms with Crippen molar-refractivity contribution in [3.63, 3.8) is 0 Å². The van der Waals surface area contributed by atoms with E-state index >= 15 is 0 Å². The molecule has 7 heteroatoms. The van der Waals surface area contributed by atoms with Crippen LogP contribution in [0.5, 0.6) is 0 Å². The molecule has 0 radical (unpaired) electrons. The van der Waals surface area contributed by atoms with Gasteiger partial charge in [-0.2, -0.15) is 0 Å². The molecule has 1 unspecified atom stereocenters. The highest BCUT2D eigenvalue weighted by atomic mass is 16.3. The van der Waals surface area contributed by atoms with Gasteiger partial charge in [-0.1, -0.05) is 35.9 Å². The summed E-state index contributed by atoms with van der Waals surface area (Å²) in [6.07, 6.45) is 7.19. The van der Waals surface area contributed by atoms with Crippen molar-refractivity contribution in [2.45, 2.75) is 51.3 Å². The number of fused-ring (bicyclic) bond motifs is 1. The summed E-state index contributed by atoms with van der Waals surface area (Å²) in [5, 5.41) is 9.94. The van der Waals surface area contributed by atoms with Crippen LogP contribution in [-0.4, -0.2) is 57.0 Å². The third-order valence-electron chi connectivity index (χ3n) is 8.67. The summed E-state index contributed by atoms with van der Waals surface area (Å²) in [4.78, 5) is 26.5. The highest BCUT2D eigenvalue weighted by Crippen LogP contribution is 2.48. The number of hydrogen-bond donors (Lipinski definition) is 2. The molecule has 1 spiro atoms. The standard InChI is InChI=1S/C30H35N5O2/c1-20-3-4-22(25(15-20)28(31)37)17-27(36)34-13-9-30(10-14-34)18-35(19-30)26-8-6-21-16-23(5-7-24(21)26)29-32-11-2-12-33-29/h2-5,7,11-12,15-16,26,28,37H,6,8-10,13-14,17-19,31H2,1H3/t26-,28?/m1/s1. The summed E-state index contributed by atoms with van der Waals surface area (Å²) in [7, 11) is 0. The summed E-state index contributed by atoms with van der Waals surface area (Å²) in [6, 6.07) is 14.8. The van der Waals surface area contributed by atoms with E-state index in [9.17, 15) is 9.90 Å². The zero-order valence-electron chi connectivity index (χ0n) is 21.4. The number of amides is 1. The number of benzene rings is 2. The Morgan fingerprint density at radius 2 is 1.89 bits per heavy atom. The normalized spacial score (nSPS) is 21.5. The van der Waals surface area contributed by atoms with Gasteiger partial charge < -0.3 is 15.7 Å². The number of aliphatic hydroxyl groups excluding tert-OH is 1. The molecule has 0 bridgehead atoms. The Balaban J connectivity index is 1.05. The first-order chi connectivity index (χ1) is 17.9. The van der Waals surface area contributed by atoms with E-state index < -0.39 is 6.23 Å². The van der Waals surface area contributed by atoms with Gasteiger partial charge in [0.05, 0.1) is 6.42 Å². The number of aliphatic hydroxyl groups is 1. The average molecular weight is 498 g/mol. The van der Waals surface area contributed by atoms with Crippen LogP contribution in [0.15, 0.2) is 54.9 Å². The second-order valence-electron chi connectivity index (χ2n) is 11.2. The smallest absolute Gasteiger partial charge is 0.227 e. The second kappa shape index (κ2) is 9.63. The van der Waals surface area contributed by atoms with E-state index in [1.54, 1.807) is 12.4 Å². The van der Waals surface area contributed by atoms with Crippen LogP contribution in [0.2, 0.25) is 0 Å². The Hall–Kier alpha value is -3.13. The third kappa shape index (κ3) is 4.67. The predicted molar refractivity (Wildman–Crippen MR) is 142 cm³/mol. The van der Waals surface area contributed by atoms with Crippen molar-refractivity contribution in [1.29, 1.82) is 0 Å². The maximum atomic E-state index is 13.1. The Bertz CT molecular complexity index is 1290. The molecule has 3 aliphatic rings. The number of carbonyl (C=O) groups is 1. The largest absolute Gasteiger partial charge is 0.375 e. The van der Waals surface area contributed by atoms with Crippen molar-refractivity contribution in [3.8, 4) is 11.4 Å². The van der Waals surface area contributed by atoms with Crippen LogP contribution in [0.4, 0.5) is 0 Å². The van der Waals surface area contributed by atoms with Crippen molar-refractivity contribution >= 4 is 5.91 Å². The van der Waals surface area contributed by atoms with Gasteiger partial charge in [0.25, 0.3) is 0 Å². The van der Waals surface area contributed by atoms with E-state index in [1.165, 1.54) is 17.5 Å². The molecule has 7 nitrogen and oxygen atoms in total. The fraction of sp³-hybridized carbons (Fsp3) is 0.433. The van der Waals surface area contributed by atoms with Crippen molar-refractivity contribution in [1.82, 2.24) is 19.8 Å². The van der Waals surface area contributed by atoms with Crippen molar-refractivity contribution in [3.05, 3.63) is 82.7 Å². The first-order valence-corrected chi connectivity index (χ1v) is 13.4. The van der Waals surface area contributed by atoms with Crippen molar-refractivity contribution in [2.24, 2.45) is 11.1 Å². The number of nitrogens with zero attached hydrogens (tertiary/aromatic N) is 4. The average Bonchev–Trinajstić information content (AvgIpc) is 3.31. The molecule has 6 rings (SSSR count). The van der Waals surface area contributed by atoms with Gasteiger partial charge in [-0.05, 0) is 72.4 Å². The number of nitrogens with two attached hydrogens (primary N) is 1. The zero-order chi connectivity index (χ0) is 25.6. The van der Waals surface area contributed by atoms with Crippen LogP contribution in [-0.2, 0) is 17.6 Å². The Labute approximate surface area is 218 Å². The lowest BCUT2D eigenvalue weighted by Crippen LogP contribution is -2.61. The lowest BCUT2D eigenvalue weighted by Gasteiger charge is -2.56. The van der Waals surface area contributed by atoms with Gasteiger partial charge in [-0.25, -0.2) is 9.97 Å². The van der Waals surface area contributed by atoms with E-state index in [0.717, 1.165) is 68.0 Å². The second-order valence-corrected chi connectivity index (χ2v) is 11.2. The molecule has 2 atom stereocenters. The number of aromatic nitrogens is 2. The fourth-order valence-corrected chi connectivity index (χ4v) is 6.57. The topological polar surface area (TPSA) is 95.6 Å². The van der Waals surface area contributed by atoms with E-state index in [4.69, 9.17) is 5.73 Å². The molecule has 3 heterocycles. The number of rotatable bonds is 5. The van der Waals surface area contributed by atoms with Crippen molar-refractivity contribution in [2.75, 3.05) is 26.2 Å². The molecule has 1 aromatic heterocycles. The van der Waals surface area contributed by atoms with Crippen LogP contribution in [0.25, 0.3) is 11.4 Å². The highest BCUT2D eigenvalue weighted by Gasteiger charge is 2.48. The number of likely N-dealkylation sites (tertiary alicyclic amines) is 2. The van der Waals surface area contributed by atoms with Crippen LogP contribution < -0.4 is 5.73 Å². The molecule has 2 fully saturated rings. The van der Waals surface area contributed by atoms with Crippen LogP contribution >= 0.6 is 0 Å². The summed E-state index contributed by atoms with van der Waals surface area (Å²) < 4.78 is 0. The number of aryl methyl sites for hydroxylation is 2. The lowest BCUT2D eigenvalue weighted by molar-refractivity contribution is -0.136. The molecule has 0 saturated carbocycles. The molecule has 3 N–H and O–H groups in total. The van der Waals surface area contributed by atoms with Gasteiger partial charge >= 0.3 is 0 Å². The first kappa shape index (κ1) is 24.2. The van der Waals surface area contributed by atoms with Gasteiger partial charge in [-0.15, -0.1) is 0 Å². The molecular weight excluding hydrogens is 462 g/mol. The van der Waals surface area contributed by atoms with Crippen LogP contribution in [0.1, 0.15) is 59.3 Å². The Morgan fingerprint density at radius 1 is 1.14 bits per heavy atom. The maximum Gasteiger partial charge on any atom is 0.227 e. The minimum Gasteiger partial charge on any atom is -0.375 e. The van der Waals surface area contributed by atoms with Gasteiger partial charge in [-0.3, -0.25) is 9.69 Å². The summed E-state index contributed by atoms with van der Waals surface area (Å²) >= 11 is 0. The van der Waals surface area contributed by atoms with Crippen molar-refractivity contribution < 1.29 is 9.90 Å². The van der Waals surface area contributed by atoms with E-state index in [1.807, 2.05) is 36.1 Å². The highest BCUT2D eigenvalue weighted by molar-refractivity contribution is 5.79. The molecular formula is C30H35N5O2. The maximum absolute atomic E-state index is 13.1. The number of hydrogen-bond acceptors (Lipinski definition) is 6. The van der Waals surface area contributed by atoms with Gasteiger partial charge in [0.1, 0.15) is 6.23 Å². The van der Waals surface area contributed by atoms with Gasteiger partial charge in [0.15, 0.2) is 5.82 Å². The summed E-state index contributed by atoms with van der Waals surface area (Å²) in [5.74, 6) is 0.912. The predicted octanol–water partition coefficient (Wildman–Crippen LogP) is 3.56. The lowest BCUT2D eigenvalue weighted by atomic mass is 9.71. The summed E-state index contributed by atoms with van der Waals surface area (Å²) in [6.45, 7) is 5.81. The van der Waals surface area contributed by atoms with Gasteiger partial charge in [0, 0.05) is 50.2 Å². The Kier molecular flexibility index (Phi) is 6.31. The minimum absolute atomic E-state index is 0.125. The van der Waals surface area contributed by atoms with E-state index in [2.05, 4.69) is 33.1 Å². The fourth-order valence-electron chi connectivity index (χ4n) is 6.57.